The van der Waals surface area contributed by atoms with Gasteiger partial charge in [-0.05, 0) is 32.0 Å². The van der Waals surface area contributed by atoms with Gasteiger partial charge in [0.2, 0.25) is 0 Å². The third kappa shape index (κ3) is 4.42. The highest BCUT2D eigenvalue weighted by Crippen LogP contribution is 2.24. The van der Waals surface area contributed by atoms with Crippen LogP contribution in [-0.4, -0.2) is 51.2 Å². The van der Waals surface area contributed by atoms with Gasteiger partial charge in [-0.3, -0.25) is 4.79 Å². The smallest absolute Gasteiger partial charge is 0.253 e. The largest absolute Gasteiger partial charge is 0.397 e. The topological polar surface area (TPSA) is 58.8 Å². The van der Waals surface area contributed by atoms with Crippen molar-refractivity contribution in [3.63, 3.8) is 0 Å². The van der Waals surface area contributed by atoms with Gasteiger partial charge in [-0.15, -0.1) is 0 Å². The van der Waals surface area contributed by atoms with Gasteiger partial charge < -0.3 is 20.3 Å². The first-order chi connectivity index (χ1) is 9.32. The van der Waals surface area contributed by atoms with E-state index in [9.17, 15) is 4.79 Å². The molecule has 5 nitrogen and oxygen atoms in total. The Labute approximate surface area is 121 Å². The van der Waals surface area contributed by atoms with E-state index >= 15 is 0 Å². The van der Waals surface area contributed by atoms with Gasteiger partial charge in [-0.1, -0.05) is 0 Å². The van der Waals surface area contributed by atoms with Gasteiger partial charge in [0.1, 0.15) is 0 Å². The molecule has 1 aromatic carbocycles. The maximum absolute atomic E-state index is 12.0. The van der Waals surface area contributed by atoms with E-state index in [2.05, 4.69) is 0 Å². The minimum Gasteiger partial charge on any atom is -0.397 e. The van der Waals surface area contributed by atoms with Crippen LogP contribution in [0.4, 0.5) is 11.4 Å². The van der Waals surface area contributed by atoms with Gasteiger partial charge in [-0.25, -0.2) is 0 Å². The average molecular weight is 279 g/mol. The Morgan fingerprint density at radius 3 is 2.50 bits per heavy atom. The Morgan fingerprint density at radius 1 is 1.30 bits per heavy atom. The highest BCUT2D eigenvalue weighted by molar-refractivity contribution is 5.96. The fourth-order valence-corrected chi connectivity index (χ4v) is 1.81. The summed E-state index contributed by atoms with van der Waals surface area (Å²) in [5.41, 5.74) is 8.14. The molecule has 1 aromatic rings. The second-order valence-corrected chi connectivity index (χ2v) is 5.31. The molecule has 112 valence electrons. The molecular weight excluding hydrogens is 254 g/mol. The zero-order chi connectivity index (χ0) is 15.3. The van der Waals surface area contributed by atoms with Crippen LogP contribution >= 0.6 is 0 Å². The molecule has 2 N–H and O–H groups in total. The Bertz CT molecular complexity index is 458. The molecule has 5 heteroatoms. The number of likely N-dealkylation sites (N-methyl/N-ethyl adjacent to an activating group) is 1. The predicted molar refractivity (Wildman–Crippen MR) is 83.2 cm³/mol. The number of nitrogen functional groups attached to an aromatic ring is 1. The van der Waals surface area contributed by atoms with Gasteiger partial charge in [0, 0.05) is 33.3 Å². The van der Waals surface area contributed by atoms with Crippen molar-refractivity contribution in [2.75, 3.05) is 44.9 Å². The summed E-state index contributed by atoms with van der Waals surface area (Å²) in [6, 6.07) is 5.35. The minimum absolute atomic E-state index is 0.0296. The molecular formula is C15H25N3O2. The van der Waals surface area contributed by atoms with E-state index in [0.717, 1.165) is 12.2 Å². The van der Waals surface area contributed by atoms with Crippen LogP contribution < -0.4 is 10.6 Å². The van der Waals surface area contributed by atoms with Crippen molar-refractivity contribution in [2.45, 2.75) is 20.0 Å². The highest BCUT2D eigenvalue weighted by Gasteiger charge is 2.12. The van der Waals surface area contributed by atoms with Crippen molar-refractivity contribution < 1.29 is 9.53 Å². The van der Waals surface area contributed by atoms with Gasteiger partial charge in [0.25, 0.3) is 5.91 Å². The third-order valence-electron chi connectivity index (χ3n) is 2.97. The summed E-state index contributed by atoms with van der Waals surface area (Å²) in [5, 5.41) is 0. The molecule has 0 spiro atoms. The van der Waals surface area contributed by atoms with E-state index in [1.807, 2.05) is 31.9 Å². The lowest BCUT2D eigenvalue weighted by molar-refractivity contribution is 0.0827. The van der Waals surface area contributed by atoms with Crippen LogP contribution in [0.3, 0.4) is 0 Å². The zero-order valence-corrected chi connectivity index (χ0v) is 13.0. The van der Waals surface area contributed by atoms with Gasteiger partial charge in [-0.2, -0.15) is 0 Å². The number of anilines is 2. The van der Waals surface area contributed by atoms with Crippen molar-refractivity contribution in [3.05, 3.63) is 23.8 Å². The molecule has 0 aromatic heterocycles. The van der Waals surface area contributed by atoms with E-state index in [0.29, 0.717) is 17.9 Å². The van der Waals surface area contributed by atoms with Crippen molar-refractivity contribution in [1.82, 2.24) is 4.90 Å². The molecule has 0 radical (unpaired) electrons. The number of carbonyl (C=O) groups is 1. The summed E-state index contributed by atoms with van der Waals surface area (Å²) < 4.78 is 5.53. The van der Waals surface area contributed by atoms with E-state index < -0.39 is 0 Å². The third-order valence-corrected chi connectivity index (χ3v) is 2.97. The van der Waals surface area contributed by atoms with Gasteiger partial charge in [0.15, 0.2) is 0 Å². The quantitative estimate of drug-likeness (QED) is 0.807. The Hall–Kier alpha value is -1.75. The van der Waals surface area contributed by atoms with Crippen molar-refractivity contribution >= 4 is 17.3 Å². The van der Waals surface area contributed by atoms with Crippen LogP contribution in [0.5, 0.6) is 0 Å². The van der Waals surface area contributed by atoms with Crippen LogP contribution in [0, 0.1) is 0 Å². The maximum atomic E-state index is 12.0. The fourth-order valence-electron chi connectivity index (χ4n) is 1.81. The molecule has 0 aliphatic heterocycles. The number of hydrogen-bond acceptors (Lipinski definition) is 4. The lowest BCUT2D eigenvalue weighted by atomic mass is 10.1. The summed E-state index contributed by atoms with van der Waals surface area (Å²) in [7, 11) is 5.41. The second-order valence-electron chi connectivity index (χ2n) is 5.31. The van der Waals surface area contributed by atoms with E-state index in [4.69, 9.17) is 10.5 Å². The lowest BCUT2D eigenvalue weighted by Crippen LogP contribution is -2.26. The summed E-state index contributed by atoms with van der Waals surface area (Å²) in [6.07, 6.45) is 0.211. The Kier molecular flexibility index (Phi) is 5.82. The summed E-state index contributed by atoms with van der Waals surface area (Å²) in [6.45, 7) is 5.36. The van der Waals surface area contributed by atoms with Crippen LogP contribution in [0.15, 0.2) is 18.2 Å². The molecule has 0 unspecified atom stereocenters. The average Bonchev–Trinajstić information content (AvgIpc) is 2.37. The fraction of sp³-hybridized carbons (Fsp3) is 0.533. The van der Waals surface area contributed by atoms with Crippen molar-refractivity contribution in [1.29, 1.82) is 0 Å². The molecule has 0 fully saturated rings. The molecule has 20 heavy (non-hydrogen) atoms. The van der Waals surface area contributed by atoms with Crippen LogP contribution in [0.25, 0.3) is 0 Å². The molecule has 0 aliphatic carbocycles. The number of hydrogen-bond donors (Lipinski definition) is 1. The summed E-state index contributed by atoms with van der Waals surface area (Å²) in [5.74, 6) is -0.0296. The first-order valence-corrected chi connectivity index (χ1v) is 6.76. The molecule has 0 bridgehead atoms. The summed E-state index contributed by atoms with van der Waals surface area (Å²) in [4.78, 5) is 15.5. The molecule has 0 saturated carbocycles. The number of nitrogens with zero attached hydrogens (tertiary/aromatic N) is 2. The molecule has 0 saturated heterocycles. The number of benzene rings is 1. The van der Waals surface area contributed by atoms with Crippen LogP contribution in [0.2, 0.25) is 0 Å². The number of ether oxygens (including phenoxy) is 1. The van der Waals surface area contributed by atoms with Crippen LogP contribution in [0.1, 0.15) is 24.2 Å². The SMILES string of the molecule is CC(C)OCCN(C)c1cc(C(=O)N(C)C)ccc1N. The maximum Gasteiger partial charge on any atom is 0.253 e. The van der Waals surface area contributed by atoms with Gasteiger partial charge in [0.05, 0.1) is 24.1 Å². The Balaban J connectivity index is 2.82. The first-order valence-electron chi connectivity index (χ1n) is 6.76. The lowest BCUT2D eigenvalue weighted by Gasteiger charge is -2.22. The molecule has 1 amide bonds. The second kappa shape index (κ2) is 7.14. The highest BCUT2D eigenvalue weighted by atomic mass is 16.5. The number of carbonyl (C=O) groups excluding carboxylic acids is 1. The standard InChI is InChI=1S/C15H25N3O2/c1-11(2)20-9-8-18(5)14-10-12(6-7-13(14)16)15(19)17(3)4/h6-7,10-11H,8-9,16H2,1-5H3. The number of nitrogens with two attached hydrogens (primary N) is 1. The number of rotatable bonds is 6. The minimum atomic E-state index is -0.0296. The molecule has 0 atom stereocenters. The van der Waals surface area contributed by atoms with Crippen molar-refractivity contribution in [2.24, 2.45) is 0 Å². The molecule has 0 heterocycles. The number of amides is 1. The Morgan fingerprint density at radius 2 is 1.95 bits per heavy atom. The predicted octanol–water partition coefficient (Wildman–Crippen LogP) is 1.83. The van der Waals surface area contributed by atoms with Crippen LogP contribution in [-0.2, 0) is 4.74 Å². The first kappa shape index (κ1) is 16.3. The van der Waals surface area contributed by atoms with E-state index in [-0.39, 0.29) is 12.0 Å². The van der Waals surface area contributed by atoms with E-state index in [1.165, 1.54) is 0 Å². The van der Waals surface area contributed by atoms with Gasteiger partial charge >= 0.3 is 0 Å². The molecule has 0 aliphatic rings. The van der Waals surface area contributed by atoms with E-state index in [1.54, 1.807) is 31.1 Å². The monoisotopic (exact) mass is 279 g/mol. The van der Waals surface area contributed by atoms with Crippen molar-refractivity contribution in [3.8, 4) is 0 Å². The molecule has 1 rings (SSSR count). The summed E-state index contributed by atoms with van der Waals surface area (Å²) >= 11 is 0. The zero-order valence-electron chi connectivity index (χ0n) is 13.0. The normalized spacial score (nSPS) is 10.7.